The van der Waals surface area contributed by atoms with Gasteiger partial charge in [-0.1, -0.05) is 43.2 Å². The third-order valence-electron chi connectivity index (χ3n) is 6.00. The first kappa shape index (κ1) is 20.2. The first-order valence-electron chi connectivity index (χ1n) is 10.1. The van der Waals surface area contributed by atoms with Crippen LogP contribution < -0.4 is 10.2 Å². The Morgan fingerprint density at radius 2 is 2.03 bits per heavy atom. The zero-order valence-electron chi connectivity index (χ0n) is 16.3. The fourth-order valence-electron chi connectivity index (χ4n) is 4.65. The molecule has 0 unspecified atom stereocenters. The van der Waals surface area contributed by atoms with Crippen molar-refractivity contribution in [1.29, 1.82) is 0 Å². The van der Waals surface area contributed by atoms with Crippen LogP contribution in [0.25, 0.3) is 0 Å². The molecule has 3 atom stereocenters. The zero-order chi connectivity index (χ0) is 20.5. The molecular weight excluding hydrogens is 381 g/mol. The lowest BCUT2D eigenvalue weighted by Crippen LogP contribution is -2.39. The Morgan fingerprint density at radius 1 is 1.24 bits per heavy atom. The first-order valence-corrected chi connectivity index (χ1v) is 10.1. The normalized spacial score (nSPS) is 27.3. The van der Waals surface area contributed by atoms with Crippen LogP contribution in [0, 0.1) is 0 Å². The molecule has 29 heavy (non-hydrogen) atoms. The molecule has 1 aromatic heterocycles. The molecule has 1 aliphatic heterocycles. The van der Waals surface area contributed by atoms with Crippen LogP contribution in [-0.4, -0.2) is 17.2 Å². The summed E-state index contributed by atoms with van der Waals surface area (Å²) in [6, 6.07) is 11.0. The van der Waals surface area contributed by atoms with Crippen molar-refractivity contribution in [3.8, 4) is 5.88 Å². The molecule has 1 N–H and O–H groups in total. The van der Waals surface area contributed by atoms with Gasteiger partial charge in [0.1, 0.15) is 0 Å². The summed E-state index contributed by atoms with van der Waals surface area (Å²) in [5.74, 6) is 0.426. The van der Waals surface area contributed by atoms with Crippen molar-refractivity contribution in [3.63, 3.8) is 0 Å². The molecule has 156 valence electrons. The van der Waals surface area contributed by atoms with Crippen LogP contribution in [0.2, 0.25) is 0 Å². The van der Waals surface area contributed by atoms with Crippen LogP contribution in [0.4, 0.5) is 13.2 Å². The van der Waals surface area contributed by atoms with Gasteiger partial charge in [0.25, 0.3) is 0 Å². The number of hydrogen-bond donors (Lipinski definition) is 1. The Bertz CT molecular complexity index is 844. The van der Waals surface area contributed by atoms with Gasteiger partial charge < -0.3 is 4.74 Å². The van der Waals surface area contributed by atoms with E-state index in [0.717, 1.165) is 37.9 Å². The Morgan fingerprint density at radius 3 is 2.76 bits per heavy atom. The van der Waals surface area contributed by atoms with Crippen LogP contribution in [-0.2, 0) is 11.0 Å². The van der Waals surface area contributed by atoms with Crippen molar-refractivity contribution in [2.75, 3.05) is 6.61 Å². The fraction of sp³-hybridized carbons (Fsp3) is 0.500. The second-order valence-corrected chi connectivity index (χ2v) is 7.80. The average molecular weight is 406 g/mol. The van der Waals surface area contributed by atoms with Gasteiger partial charge in [0.05, 0.1) is 23.8 Å². The maximum Gasteiger partial charge on any atom is 0.417 e. The SMILES string of the molecule is CCOc1ncc(C(F)(F)F)cc1[C@H]1C[C@@]2(CCCC[C@H]2c2ccccc2)ON1. The number of alkyl halides is 3. The maximum absolute atomic E-state index is 13.3. The minimum atomic E-state index is -4.46. The van der Waals surface area contributed by atoms with E-state index in [2.05, 4.69) is 22.6 Å². The van der Waals surface area contributed by atoms with Gasteiger partial charge in [-0.15, -0.1) is 0 Å². The first-order chi connectivity index (χ1) is 13.9. The monoisotopic (exact) mass is 406 g/mol. The van der Waals surface area contributed by atoms with E-state index in [4.69, 9.17) is 9.57 Å². The number of halogens is 3. The molecule has 7 heteroatoms. The van der Waals surface area contributed by atoms with Crippen molar-refractivity contribution in [1.82, 2.24) is 10.5 Å². The molecule has 0 bridgehead atoms. The van der Waals surface area contributed by atoms with Gasteiger partial charge in [0.15, 0.2) is 0 Å². The third-order valence-corrected chi connectivity index (χ3v) is 6.00. The van der Waals surface area contributed by atoms with Crippen molar-refractivity contribution in [2.24, 2.45) is 0 Å². The molecule has 4 nitrogen and oxygen atoms in total. The van der Waals surface area contributed by atoms with E-state index in [1.54, 1.807) is 6.92 Å². The number of rotatable bonds is 4. The molecule has 2 aromatic rings. The number of nitrogens with one attached hydrogen (secondary N) is 1. The number of hydroxylamine groups is 1. The topological polar surface area (TPSA) is 43.4 Å². The van der Waals surface area contributed by atoms with Crippen LogP contribution in [0.3, 0.4) is 0 Å². The molecule has 1 saturated heterocycles. The molecule has 1 aromatic carbocycles. The van der Waals surface area contributed by atoms with Crippen LogP contribution in [0.5, 0.6) is 5.88 Å². The molecule has 4 rings (SSSR count). The number of benzene rings is 1. The second kappa shape index (κ2) is 7.95. The lowest BCUT2D eigenvalue weighted by atomic mass is 9.69. The predicted octanol–water partition coefficient (Wildman–Crippen LogP) is 5.56. The highest BCUT2D eigenvalue weighted by molar-refractivity contribution is 5.36. The van der Waals surface area contributed by atoms with E-state index in [1.165, 1.54) is 5.56 Å². The zero-order valence-corrected chi connectivity index (χ0v) is 16.3. The van der Waals surface area contributed by atoms with Gasteiger partial charge in [-0.3, -0.25) is 4.84 Å². The summed E-state index contributed by atoms with van der Waals surface area (Å²) >= 11 is 0. The molecule has 2 heterocycles. The summed E-state index contributed by atoms with van der Waals surface area (Å²) < 4.78 is 45.3. The Labute approximate surface area is 168 Å². The van der Waals surface area contributed by atoms with Gasteiger partial charge in [-0.2, -0.15) is 18.7 Å². The number of nitrogens with zero attached hydrogens (tertiary/aromatic N) is 1. The smallest absolute Gasteiger partial charge is 0.417 e. The minimum absolute atomic E-state index is 0.198. The van der Waals surface area contributed by atoms with Crippen molar-refractivity contribution in [3.05, 3.63) is 59.3 Å². The van der Waals surface area contributed by atoms with Crippen molar-refractivity contribution < 1.29 is 22.7 Å². The van der Waals surface area contributed by atoms with E-state index >= 15 is 0 Å². The third kappa shape index (κ3) is 3.98. The van der Waals surface area contributed by atoms with Gasteiger partial charge >= 0.3 is 6.18 Å². The molecule has 1 spiro atoms. The Hall–Kier alpha value is -2.12. The van der Waals surface area contributed by atoms with Crippen molar-refractivity contribution in [2.45, 2.75) is 62.8 Å². The second-order valence-electron chi connectivity index (χ2n) is 7.80. The number of ether oxygens (including phenoxy) is 1. The van der Waals surface area contributed by atoms with Gasteiger partial charge in [-0.25, -0.2) is 4.98 Å². The molecule has 2 fully saturated rings. The fourth-order valence-corrected chi connectivity index (χ4v) is 4.65. The molecule has 2 aliphatic rings. The molecule has 0 amide bonds. The number of pyridine rings is 1. The molecule has 1 aliphatic carbocycles. The summed E-state index contributed by atoms with van der Waals surface area (Å²) in [5.41, 5.74) is 3.41. The quantitative estimate of drug-likeness (QED) is 0.722. The summed E-state index contributed by atoms with van der Waals surface area (Å²) in [6.07, 6.45) is 0.968. The largest absolute Gasteiger partial charge is 0.478 e. The summed E-state index contributed by atoms with van der Waals surface area (Å²) in [6.45, 7) is 2.12. The lowest BCUT2D eigenvalue weighted by Gasteiger charge is -2.40. The van der Waals surface area contributed by atoms with Crippen LogP contribution in [0.1, 0.15) is 67.7 Å². The van der Waals surface area contributed by atoms with E-state index < -0.39 is 23.4 Å². The summed E-state index contributed by atoms with van der Waals surface area (Å²) in [4.78, 5) is 10.1. The predicted molar refractivity (Wildman–Crippen MR) is 102 cm³/mol. The molecule has 0 radical (unpaired) electrons. The highest BCUT2D eigenvalue weighted by Gasteiger charge is 2.50. The Balaban J connectivity index is 1.66. The van der Waals surface area contributed by atoms with Crippen molar-refractivity contribution >= 4 is 0 Å². The summed E-state index contributed by atoms with van der Waals surface area (Å²) in [7, 11) is 0. The maximum atomic E-state index is 13.3. The highest BCUT2D eigenvalue weighted by atomic mass is 19.4. The molecular formula is C22H25F3N2O2. The molecule has 1 saturated carbocycles. The van der Waals surface area contributed by atoms with Gasteiger partial charge in [-0.05, 0) is 31.4 Å². The standard InChI is InChI=1S/C22H25F3N2O2/c1-2-28-20-17(12-16(14-26-20)22(23,24)25)19-13-21(29-27-19)11-7-6-10-18(21)15-8-4-3-5-9-15/h3-5,8-9,12,14,18-19,27H,2,6-7,10-11,13H2,1H3/t18-,19+,21+/m0/s1. The van der Waals surface area contributed by atoms with Crippen LogP contribution in [0.15, 0.2) is 42.6 Å². The van der Waals surface area contributed by atoms with E-state index in [1.807, 2.05) is 18.2 Å². The minimum Gasteiger partial charge on any atom is -0.478 e. The lowest BCUT2D eigenvalue weighted by molar-refractivity contribution is -0.138. The van der Waals surface area contributed by atoms with Gasteiger partial charge in [0, 0.05) is 24.1 Å². The highest BCUT2D eigenvalue weighted by Crippen LogP contribution is 2.51. The Kier molecular flexibility index (Phi) is 5.53. The average Bonchev–Trinajstić information content (AvgIpc) is 3.13. The van der Waals surface area contributed by atoms with E-state index in [0.29, 0.717) is 18.6 Å². The summed E-state index contributed by atoms with van der Waals surface area (Å²) in [5, 5.41) is 0. The van der Waals surface area contributed by atoms with E-state index in [9.17, 15) is 13.2 Å². The number of aromatic nitrogens is 1. The van der Waals surface area contributed by atoms with Gasteiger partial charge in [0.2, 0.25) is 5.88 Å². The number of hydrogen-bond acceptors (Lipinski definition) is 4. The van der Waals surface area contributed by atoms with Crippen LogP contribution >= 0.6 is 0 Å². The van der Waals surface area contributed by atoms with E-state index in [-0.39, 0.29) is 11.8 Å².